The Labute approximate surface area is 468 Å². The van der Waals surface area contributed by atoms with Crippen LogP contribution in [-0.2, 0) is 14.3 Å². The van der Waals surface area contributed by atoms with Gasteiger partial charge in [-0.2, -0.15) is 0 Å². The molecule has 2 atom stereocenters. The summed E-state index contributed by atoms with van der Waals surface area (Å²) in [4.78, 5) is 24.6. The first-order chi connectivity index (χ1) is 37.0. The normalized spacial score (nSPS) is 12.7. The second kappa shape index (κ2) is 64.6. The summed E-state index contributed by atoms with van der Waals surface area (Å²) in [6, 6.07) is -0.635. The summed E-state index contributed by atoms with van der Waals surface area (Å²) in [5.74, 6) is -0.0713. The molecule has 442 valence electrons. The van der Waals surface area contributed by atoms with Crippen LogP contribution in [0.1, 0.15) is 367 Å². The van der Waals surface area contributed by atoms with E-state index >= 15 is 0 Å². The summed E-state index contributed by atoms with van der Waals surface area (Å²) < 4.78 is 5.47. The molecule has 0 radical (unpaired) electrons. The van der Waals surface area contributed by atoms with E-state index in [0.717, 1.165) is 51.4 Å². The maximum absolute atomic E-state index is 12.5. The summed E-state index contributed by atoms with van der Waals surface area (Å²) >= 11 is 0. The molecule has 0 aromatic carbocycles. The van der Waals surface area contributed by atoms with Crippen LogP contribution in [0, 0.1) is 0 Å². The fourth-order valence-electron chi connectivity index (χ4n) is 10.4. The van der Waals surface area contributed by atoms with Gasteiger partial charge in [-0.15, -0.1) is 0 Å². The van der Waals surface area contributed by atoms with E-state index < -0.39 is 12.1 Å². The molecule has 0 saturated heterocycles. The fourth-order valence-corrected chi connectivity index (χ4v) is 10.4. The molecule has 0 bridgehead atoms. The molecular weight excluding hydrogens is 923 g/mol. The lowest BCUT2D eigenvalue weighted by Crippen LogP contribution is -2.45. The molecule has 0 heterocycles. The molecule has 0 aliphatic heterocycles. The van der Waals surface area contributed by atoms with E-state index in [0.29, 0.717) is 19.4 Å². The van der Waals surface area contributed by atoms with Gasteiger partial charge in [0.15, 0.2) is 0 Å². The minimum absolute atomic E-state index is 0.000471. The summed E-state index contributed by atoms with van der Waals surface area (Å²) in [5.41, 5.74) is 0. The van der Waals surface area contributed by atoms with Crippen molar-refractivity contribution in [3.05, 3.63) is 36.5 Å². The Morgan fingerprint density at radius 1 is 0.360 bits per heavy atom. The monoisotopic (exact) mass is 1050 g/mol. The van der Waals surface area contributed by atoms with Crippen molar-refractivity contribution in [2.75, 3.05) is 13.2 Å². The minimum Gasteiger partial charge on any atom is -0.466 e. The van der Waals surface area contributed by atoms with Crippen LogP contribution in [0.25, 0.3) is 0 Å². The Balaban J connectivity index is 3.45. The fraction of sp³-hybridized carbons (Fsp3) is 0.884. The predicted octanol–water partition coefficient (Wildman–Crippen LogP) is 21.5. The summed E-state index contributed by atoms with van der Waals surface area (Å²) in [7, 11) is 0. The van der Waals surface area contributed by atoms with Crippen LogP contribution in [0.3, 0.4) is 0 Å². The van der Waals surface area contributed by atoms with Gasteiger partial charge >= 0.3 is 5.97 Å². The molecule has 6 nitrogen and oxygen atoms in total. The number of esters is 1. The van der Waals surface area contributed by atoms with Crippen LogP contribution < -0.4 is 5.32 Å². The second-order valence-electron chi connectivity index (χ2n) is 23.1. The third-order valence-electron chi connectivity index (χ3n) is 15.6. The lowest BCUT2D eigenvalue weighted by molar-refractivity contribution is -0.143. The highest BCUT2D eigenvalue weighted by molar-refractivity contribution is 5.76. The molecule has 3 N–H and O–H groups in total. The van der Waals surface area contributed by atoms with Crippen LogP contribution in [0.4, 0.5) is 0 Å². The zero-order valence-electron chi connectivity index (χ0n) is 50.5. The zero-order valence-corrected chi connectivity index (χ0v) is 50.5. The predicted molar refractivity (Wildman–Crippen MR) is 329 cm³/mol. The molecule has 0 aromatic rings. The molecule has 0 spiro atoms. The number of unbranched alkanes of at least 4 members (excludes halogenated alkanes) is 48. The van der Waals surface area contributed by atoms with Gasteiger partial charge in [0, 0.05) is 12.8 Å². The number of rotatable bonds is 63. The highest BCUT2D eigenvalue weighted by Crippen LogP contribution is 2.18. The number of allylic oxidation sites excluding steroid dienone is 5. The van der Waals surface area contributed by atoms with Crippen molar-refractivity contribution in [1.82, 2.24) is 5.32 Å². The summed E-state index contributed by atoms with van der Waals surface area (Å²) in [6.45, 7) is 4.91. The lowest BCUT2D eigenvalue weighted by atomic mass is 10.0. The largest absolute Gasteiger partial charge is 0.466 e. The highest BCUT2D eigenvalue weighted by Gasteiger charge is 2.18. The standard InChI is InChI=1S/C69H131NO5/c1-3-5-7-9-11-13-15-17-18-19-20-21-22-25-28-31-34-38-41-45-49-53-57-61-67(72)66(65-71)70-68(73)62-58-54-50-46-42-39-35-32-29-26-23-24-27-30-33-36-40-44-48-52-56-60-64-75-69(74)63-59-55-51-47-43-37-16-14-12-10-8-6-4-2/h14,16,26,29,57,61,66-67,71-72H,3-13,15,17-25,27-28,30-56,58-60,62-65H2,1-2H3,(H,70,73)/b16-14-,29-26-,61-57+. The van der Waals surface area contributed by atoms with Crippen LogP contribution >= 0.6 is 0 Å². The van der Waals surface area contributed by atoms with Crippen LogP contribution in [-0.4, -0.2) is 47.4 Å². The third kappa shape index (κ3) is 61.2. The quantitative estimate of drug-likeness (QED) is 0.0320. The molecule has 75 heavy (non-hydrogen) atoms. The SMILES string of the molecule is CCCCCC/C=C\CCCCCCCC(=O)OCCCCCCCCCCCCC/C=C\CCCCCCCCCC(=O)NC(CO)C(O)/C=C/CCCCCCCCCCCCCCCCCCCCCCC. The van der Waals surface area contributed by atoms with E-state index in [2.05, 4.69) is 43.5 Å². The average molecular weight is 1050 g/mol. The van der Waals surface area contributed by atoms with Crippen molar-refractivity contribution in [2.45, 2.75) is 379 Å². The molecule has 0 aliphatic carbocycles. The number of aliphatic hydroxyl groups is 2. The van der Waals surface area contributed by atoms with Crippen molar-refractivity contribution in [2.24, 2.45) is 0 Å². The molecule has 0 rings (SSSR count). The lowest BCUT2D eigenvalue weighted by Gasteiger charge is -2.20. The molecule has 0 aliphatic rings. The first kappa shape index (κ1) is 73.1. The summed E-state index contributed by atoms with van der Waals surface area (Å²) in [5, 5.41) is 23.2. The molecule has 0 fully saturated rings. The van der Waals surface area contributed by atoms with Gasteiger partial charge in [0.05, 0.1) is 25.4 Å². The number of hydrogen-bond donors (Lipinski definition) is 3. The van der Waals surface area contributed by atoms with Gasteiger partial charge in [-0.1, -0.05) is 307 Å². The van der Waals surface area contributed by atoms with E-state index in [4.69, 9.17) is 4.74 Å². The van der Waals surface area contributed by atoms with Gasteiger partial charge in [-0.05, 0) is 83.5 Å². The number of aliphatic hydroxyl groups excluding tert-OH is 2. The van der Waals surface area contributed by atoms with Crippen molar-refractivity contribution in [3.8, 4) is 0 Å². The summed E-state index contributed by atoms with van der Waals surface area (Å²) in [6.07, 6.45) is 82.0. The Hall–Kier alpha value is -1.92. The second-order valence-corrected chi connectivity index (χ2v) is 23.1. The Bertz CT molecular complexity index is 1210. The van der Waals surface area contributed by atoms with Gasteiger partial charge in [0.1, 0.15) is 0 Å². The molecule has 2 unspecified atom stereocenters. The number of carbonyl (C=O) groups excluding carboxylic acids is 2. The van der Waals surface area contributed by atoms with Crippen molar-refractivity contribution in [1.29, 1.82) is 0 Å². The first-order valence-electron chi connectivity index (χ1n) is 33.8. The number of hydrogen-bond acceptors (Lipinski definition) is 5. The topological polar surface area (TPSA) is 95.9 Å². The molecule has 0 aromatic heterocycles. The zero-order chi connectivity index (χ0) is 54.3. The number of amides is 1. The first-order valence-corrected chi connectivity index (χ1v) is 33.8. The van der Waals surface area contributed by atoms with E-state index in [1.807, 2.05) is 6.08 Å². The maximum Gasteiger partial charge on any atom is 0.305 e. The smallest absolute Gasteiger partial charge is 0.305 e. The number of ether oxygens (including phenoxy) is 1. The molecule has 0 saturated carbocycles. The Morgan fingerprint density at radius 3 is 0.960 bits per heavy atom. The van der Waals surface area contributed by atoms with E-state index in [1.165, 1.54) is 289 Å². The maximum atomic E-state index is 12.5. The number of nitrogens with one attached hydrogen (secondary N) is 1. The van der Waals surface area contributed by atoms with Crippen molar-refractivity contribution >= 4 is 11.9 Å². The minimum atomic E-state index is -0.851. The Morgan fingerprint density at radius 2 is 0.627 bits per heavy atom. The van der Waals surface area contributed by atoms with Gasteiger partial charge in [-0.3, -0.25) is 9.59 Å². The van der Waals surface area contributed by atoms with Crippen LogP contribution in [0.2, 0.25) is 0 Å². The highest BCUT2D eigenvalue weighted by atomic mass is 16.5. The van der Waals surface area contributed by atoms with Crippen molar-refractivity contribution < 1.29 is 24.5 Å². The molecule has 1 amide bonds. The van der Waals surface area contributed by atoms with Gasteiger partial charge < -0.3 is 20.3 Å². The molecular formula is C69H131NO5. The van der Waals surface area contributed by atoms with Crippen LogP contribution in [0.15, 0.2) is 36.5 Å². The average Bonchev–Trinajstić information content (AvgIpc) is 3.41. The van der Waals surface area contributed by atoms with E-state index in [1.54, 1.807) is 6.08 Å². The van der Waals surface area contributed by atoms with E-state index in [9.17, 15) is 19.8 Å². The number of carbonyl (C=O) groups is 2. The Kier molecular flexibility index (Phi) is 63.0. The third-order valence-corrected chi connectivity index (χ3v) is 15.6. The van der Waals surface area contributed by atoms with E-state index in [-0.39, 0.29) is 18.5 Å². The van der Waals surface area contributed by atoms with Gasteiger partial charge in [0.25, 0.3) is 0 Å². The van der Waals surface area contributed by atoms with Crippen LogP contribution in [0.5, 0.6) is 0 Å². The molecule has 6 heteroatoms. The van der Waals surface area contributed by atoms with Crippen molar-refractivity contribution in [3.63, 3.8) is 0 Å². The van der Waals surface area contributed by atoms with Gasteiger partial charge in [-0.25, -0.2) is 0 Å². The van der Waals surface area contributed by atoms with Gasteiger partial charge in [0.2, 0.25) is 5.91 Å².